The lowest BCUT2D eigenvalue weighted by Gasteiger charge is -2.44. The molecule has 2 heterocycles. The van der Waals surface area contributed by atoms with Crippen LogP contribution in [0, 0.1) is 0 Å². The maximum absolute atomic E-state index is 15.3. The summed E-state index contributed by atoms with van der Waals surface area (Å²) in [4.78, 5) is 18.3. The maximum atomic E-state index is 15.3. The van der Waals surface area contributed by atoms with Gasteiger partial charge in [0.15, 0.2) is 5.67 Å². The fourth-order valence-corrected chi connectivity index (χ4v) is 4.60. The molecule has 0 aliphatic carbocycles. The zero-order valence-corrected chi connectivity index (χ0v) is 21.6. The molecule has 4 rings (SSSR count). The molecule has 1 saturated heterocycles. The van der Waals surface area contributed by atoms with E-state index in [1.807, 2.05) is 0 Å². The van der Waals surface area contributed by atoms with E-state index in [2.05, 4.69) is 5.16 Å². The summed E-state index contributed by atoms with van der Waals surface area (Å²) in [5.41, 5.74) is -5.04. The van der Waals surface area contributed by atoms with Gasteiger partial charge in [-0.25, -0.2) is 9.18 Å². The van der Waals surface area contributed by atoms with Gasteiger partial charge in [0.2, 0.25) is 0 Å². The lowest BCUT2D eigenvalue weighted by Crippen LogP contribution is -2.59. The molecule has 0 unspecified atom stereocenters. The number of nitrogens with zero attached hydrogens (tertiary/aromatic N) is 2. The van der Waals surface area contributed by atoms with Crippen LogP contribution in [0.25, 0.3) is 0 Å². The van der Waals surface area contributed by atoms with Crippen LogP contribution in [-0.2, 0) is 20.8 Å². The van der Waals surface area contributed by atoms with E-state index in [1.165, 1.54) is 29.2 Å². The first-order chi connectivity index (χ1) is 16.5. The molecule has 1 fully saturated rings. The van der Waals surface area contributed by atoms with Gasteiger partial charge in [-0.15, -0.1) is 0 Å². The topological polar surface area (TPSA) is 51.1 Å². The summed E-state index contributed by atoms with van der Waals surface area (Å²) < 4.78 is 63.2. The number of halogens is 7. The molecule has 194 valence electrons. The van der Waals surface area contributed by atoms with Crippen molar-refractivity contribution in [3.8, 4) is 0 Å². The van der Waals surface area contributed by atoms with Crippen molar-refractivity contribution in [2.24, 2.45) is 5.16 Å². The lowest BCUT2D eigenvalue weighted by molar-refractivity contribution is -0.275. The molecule has 12 heteroatoms. The van der Waals surface area contributed by atoms with Gasteiger partial charge in [0.05, 0.1) is 33.9 Å². The molecule has 0 bridgehead atoms. The monoisotopic (exact) mass is 566 g/mol. The number of rotatable bonds is 3. The van der Waals surface area contributed by atoms with E-state index in [0.29, 0.717) is 5.56 Å². The van der Waals surface area contributed by atoms with Crippen LogP contribution in [-0.4, -0.2) is 41.6 Å². The molecule has 2 aromatic carbocycles. The van der Waals surface area contributed by atoms with Crippen molar-refractivity contribution in [1.82, 2.24) is 4.90 Å². The molecule has 2 aromatic rings. The number of ether oxygens (including phenoxy) is 1. The predicted octanol–water partition coefficient (Wildman–Crippen LogP) is 7.64. The van der Waals surface area contributed by atoms with Crippen molar-refractivity contribution in [1.29, 1.82) is 0 Å². The van der Waals surface area contributed by atoms with Crippen LogP contribution in [0.4, 0.5) is 22.4 Å². The number of carbonyl (C=O) groups is 1. The van der Waals surface area contributed by atoms with Crippen molar-refractivity contribution in [2.75, 3.05) is 13.1 Å². The molecule has 0 radical (unpaired) electrons. The number of likely N-dealkylation sites (tertiary alicyclic amines) is 1. The zero-order chi connectivity index (χ0) is 26.7. The molecule has 1 atom stereocenters. The first-order valence-electron chi connectivity index (χ1n) is 10.8. The Hall–Kier alpha value is -2.23. The molecule has 1 amide bonds. The highest BCUT2D eigenvalue weighted by atomic mass is 35.5. The van der Waals surface area contributed by atoms with Gasteiger partial charge in [-0.2, -0.15) is 13.2 Å². The number of carbonyl (C=O) groups excluding carboxylic acids is 1. The van der Waals surface area contributed by atoms with Crippen molar-refractivity contribution in [3.05, 3.63) is 68.2 Å². The normalized spacial score (nSPS) is 21.5. The van der Waals surface area contributed by atoms with Crippen LogP contribution in [0.5, 0.6) is 0 Å². The van der Waals surface area contributed by atoms with Gasteiger partial charge in [-0.1, -0.05) is 64.2 Å². The summed E-state index contributed by atoms with van der Waals surface area (Å²) in [6.07, 6.45) is -6.13. The fourth-order valence-electron chi connectivity index (χ4n) is 4.01. The van der Waals surface area contributed by atoms with Gasteiger partial charge in [0, 0.05) is 12.0 Å². The first kappa shape index (κ1) is 26.8. The Morgan fingerprint density at radius 3 is 2.08 bits per heavy atom. The van der Waals surface area contributed by atoms with E-state index < -0.39 is 35.6 Å². The van der Waals surface area contributed by atoms with Crippen molar-refractivity contribution >= 4 is 46.6 Å². The number of benzene rings is 2. The van der Waals surface area contributed by atoms with Crippen LogP contribution in [0.3, 0.4) is 0 Å². The van der Waals surface area contributed by atoms with Gasteiger partial charge in [0.25, 0.3) is 5.60 Å². The highest BCUT2D eigenvalue weighted by Gasteiger charge is 2.62. The third kappa shape index (κ3) is 4.85. The highest BCUT2D eigenvalue weighted by molar-refractivity contribution is 6.48. The second-order valence-corrected chi connectivity index (χ2v) is 11.0. The minimum Gasteiger partial charge on any atom is -0.444 e. The summed E-state index contributed by atoms with van der Waals surface area (Å²) in [7, 11) is 0. The standard InChI is InChI=1S/C24H21Cl3F4N2O3/c1-21(2,3)35-20(34)33-11-22(28,12-33)14-6-4-13(5-7-14)18-10-23(36-32-18,24(29,30)31)15-8-16(25)19(27)17(26)9-15/h4-9H,10-12H2,1-3H3/t23-/m0/s1. The molecule has 36 heavy (non-hydrogen) atoms. The Kier molecular flexibility index (Phi) is 6.67. The largest absolute Gasteiger partial charge is 0.444 e. The smallest absolute Gasteiger partial charge is 0.435 e. The number of hydrogen-bond donors (Lipinski definition) is 0. The maximum Gasteiger partial charge on any atom is 0.435 e. The summed E-state index contributed by atoms with van der Waals surface area (Å²) in [6.45, 7) is 4.75. The average molecular weight is 568 g/mol. The molecule has 0 spiro atoms. The van der Waals surface area contributed by atoms with Gasteiger partial charge in [-0.05, 0) is 44.0 Å². The Bertz CT molecular complexity index is 1200. The van der Waals surface area contributed by atoms with Crippen LogP contribution < -0.4 is 0 Å². The van der Waals surface area contributed by atoms with Gasteiger partial charge in [0.1, 0.15) is 5.60 Å². The van der Waals surface area contributed by atoms with Crippen LogP contribution in [0.1, 0.15) is 43.9 Å². The molecule has 0 aromatic heterocycles. The van der Waals surface area contributed by atoms with Gasteiger partial charge >= 0.3 is 12.3 Å². The van der Waals surface area contributed by atoms with E-state index in [4.69, 9.17) is 44.4 Å². The number of amides is 1. The summed E-state index contributed by atoms with van der Waals surface area (Å²) in [6, 6.07) is 7.92. The Morgan fingerprint density at radius 1 is 1.03 bits per heavy atom. The molecule has 5 nitrogen and oxygen atoms in total. The molecule has 0 saturated carbocycles. The molecular weight excluding hydrogens is 547 g/mol. The second-order valence-electron chi connectivity index (χ2n) is 9.76. The summed E-state index contributed by atoms with van der Waals surface area (Å²) >= 11 is 17.8. The average Bonchev–Trinajstić information content (AvgIpc) is 3.21. The summed E-state index contributed by atoms with van der Waals surface area (Å²) in [5, 5.41) is 3.31. The van der Waals surface area contributed by atoms with E-state index >= 15 is 4.39 Å². The summed E-state index contributed by atoms with van der Waals surface area (Å²) in [5.74, 6) is 0. The van der Waals surface area contributed by atoms with Crippen molar-refractivity contribution in [3.63, 3.8) is 0 Å². The number of alkyl halides is 4. The first-order valence-corrected chi connectivity index (χ1v) is 11.9. The van der Waals surface area contributed by atoms with E-state index in [-0.39, 0.29) is 45.0 Å². The second kappa shape index (κ2) is 8.96. The number of hydrogen-bond acceptors (Lipinski definition) is 4. The van der Waals surface area contributed by atoms with Crippen LogP contribution in [0.15, 0.2) is 41.6 Å². The highest BCUT2D eigenvalue weighted by Crippen LogP contribution is 2.50. The third-order valence-electron chi connectivity index (χ3n) is 5.91. The lowest BCUT2D eigenvalue weighted by atomic mass is 9.85. The molecule has 2 aliphatic heterocycles. The molecule has 2 aliphatic rings. The van der Waals surface area contributed by atoms with Crippen molar-refractivity contribution < 1.29 is 31.9 Å². The predicted molar refractivity (Wildman–Crippen MR) is 128 cm³/mol. The van der Waals surface area contributed by atoms with Gasteiger partial charge in [-0.3, -0.25) is 0 Å². The molecule has 0 N–H and O–H groups in total. The minimum atomic E-state index is -4.86. The van der Waals surface area contributed by atoms with Crippen LogP contribution in [0.2, 0.25) is 15.1 Å². The third-order valence-corrected chi connectivity index (χ3v) is 7.10. The fraction of sp³-hybridized carbons (Fsp3) is 0.417. The zero-order valence-electron chi connectivity index (χ0n) is 19.4. The quantitative estimate of drug-likeness (QED) is 0.283. The number of oxime groups is 1. The Balaban J connectivity index is 1.52. The van der Waals surface area contributed by atoms with E-state index in [9.17, 15) is 18.0 Å². The molecular formula is C24H21Cl3F4N2O3. The Labute approximate surface area is 219 Å². The Morgan fingerprint density at radius 2 is 1.58 bits per heavy atom. The van der Waals surface area contributed by atoms with E-state index in [0.717, 1.165) is 12.1 Å². The SMILES string of the molecule is CC(C)(C)OC(=O)N1CC(F)(c2ccc(C3=NO[C@@](c4cc(Cl)c(Cl)c(Cl)c4)(C(F)(F)F)C3)cc2)C1. The van der Waals surface area contributed by atoms with Gasteiger partial charge < -0.3 is 14.5 Å². The van der Waals surface area contributed by atoms with E-state index in [1.54, 1.807) is 20.8 Å². The minimum absolute atomic E-state index is 0.0120. The van der Waals surface area contributed by atoms with Crippen LogP contribution >= 0.6 is 34.8 Å². The van der Waals surface area contributed by atoms with Crippen molar-refractivity contribution in [2.45, 2.75) is 50.2 Å².